The van der Waals surface area contributed by atoms with Gasteiger partial charge in [0.05, 0.1) is 17.9 Å². The molecule has 0 amide bonds. The summed E-state index contributed by atoms with van der Waals surface area (Å²) in [5.74, 6) is 0.185. The summed E-state index contributed by atoms with van der Waals surface area (Å²) >= 11 is 16.4. The lowest BCUT2D eigenvalue weighted by Crippen LogP contribution is -2.04. The first kappa shape index (κ1) is 14.0. The molecule has 0 saturated heterocycles. The highest BCUT2D eigenvalue weighted by Crippen LogP contribution is 2.48. The minimum Gasteiger partial charge on any atom is -0.449 e. The Morgan fingerprint density at radius 1 is 0.867 bits per heavy atom. The van der Waals surface area contributed by atoms with Crippen molar-refractivity contribution in [3.8, 4) is 5.75 Å². The van der Waals surface area contributed by atoms with E-state index in [4.69, 9.17) is 5.11 Å². The highest BCUT2D eigenvalue weighted by atomic mass is 79.9. The SMILES string of the molecule is O=C(O)Oc1c(Br)c(Br)c(Br)c(Br)c1Br. The van der Waals surface area contributed by atoms with Crippen molar-refractivity contribution in [1.29, 1.82) is 0 Å². The van der Waals surface area contributed by atoms with E-state index in [2.05, 4.69) is 84.4 Å². The molecule has 0 radical (unpaired) electrons. The van der Waals surface area contributed by atoms with Crippen LogP contribution in [0.15, 0.2) is 22.4 Å². The van der Waals surface area contributed by atoms with Crippen LogP contribution in [0.5, 0.6) is 5.75 Å². The molecular weight excluding hydrogens is 532 g/mol. The van der Waals surface area contributed by atoms with E-state index in [0.717, 1.165) is 4.47 Å². The third-order valence-electron chi connectivity index (χ3n) is 1.36. The maximum absolute atomic E-state index is 10.5. The molecule has 0 unspecified atom stereocenters. The van der Waals surface area contributed by atoms with E-state index in [1.54, 1.807) is 0 Å². The van der Waals surface area contributed by atoms with E-state index in [9.17, 15) is 4.79 Å². The number of ether oxygens (including phenoxy) is 1. The van der Waals surface area contributed by atoms with Crippen LogP contribution in [0, 0.1) is 0 Å². The second-order valence-corrected chi connectivity index (χ2v) is 6.23. The van der Waals surface area contributed by atoms with Crippen LogP contribution in [0.2, 0.25) is 0 Å². The first-order chi connectivity index (χ1) is 6.86. The Kier molecular flexibility index (Phi) is 5.10. The molecule has 1 N–H and O–H groups in total. The van der Waals surface area contributed by atoms with Crippen LogP contribution in [0.1, 0.15) is 0 Å². The maximum atomic E-state index is 10.5. The zero-order valence-electron chi connectivity index (χ0n) is 6.65. The lowest BCUT2D eigenvalue weighted by molar-refractivity contribution is 0.143. The van der Waals surface area contributed by atoms with Crippen LogP contribution < -0.4 is 4.74 Å². The molecule has 0 aliphatic carbocycles. The summed E-state index contributed by atoms with van der Waals surface area (Å²) < 4.78 is 7.72. The Morgan fingerprint density at radius 2 is 1.20 bits per heavy atom. The van der Waals surface area contributed by atoms with Gasteiger partial charge in [0, 0.05) is 4.47 Å². The average Bonchev–Trinajstić information content (AvgIpc) is 2.18. The van der Waals surface area contributed by atoms with Gasteiger partial charge in [0.15, 0.2) is 5.75 Å². The van der Waals surface area contributed by atoms with Gasteiger partial charge in [-0.1, -0.05) is 0 Å². The molecule has 0 atom stereocenters. The zero-order chi connectivity index (χ0) is 11.7. The molecule has 8 heteroatoms. The van der Waals surface area contributed by atoms with Crippen molar-refractivity contribution in [3.63, 3.8) is 0 Å². The number of rotatable bonds is 1. The molecule has 1 rings (SSSR count). The quantitative estimate of drug-likeness (QED) is 0.223. The highest BCUT2D eigenvalue weighted by molar-refractivity contribution is 9.15. The highest BCUT2D eigenvalue weighted by Gasteiger charge is 2.20. The van der Waals surface area contributed by atoms with E-state index >= 15 is 0 Å². The predicted molar refractivity (Wildman–Crippen MR) is 73.6 cm³/mol. The lowest BCUT2D eigenvalue weighted by Gasteiger charge is -2.11. The topological polar surface area (TPSA) is 46.5 Å². The fourth-order valence-corrected chi connectivity index (χ4v) is 3.93. The molecule has 0 bridgehead atoms. The fraction of sp³-hybridized carbons (Fsp3) is 0. The van der Waals surface area contributed by atoms with E-state index in [1.165, 1.54) is 0 Å². The van der Waals surface area contributed by atoms with Crippen molar-refractivity contribution in [3.05, 3.63) is 22.4 Å². The number of hydrogen-bond donors (Lipinski definition) is 1. The van der Waals surface area contributed by atoms with Gasteiger partial charge in [-0.2, -0.15) is 0 Å². The summed E-state index contributed by atoms with van der Waals surface area (Å²) in [7, 11) is 0. The molecule has 0 saturated carbocycles. The summed E-state index contributed by atoms with van der Waals surface area (Å²) in [6, 6.07) is 0. The molecular formula is C7HBr5O3. The van der Waals surface area contributed by atoms with Crippen LogP contribution in [0.3, 0.4) is 0 Å². The number of hydrogen-bond acceptors (Lipinski definition) is 2. The Bertz CT molecular complexity index is 402. The van der Waals surface area contributed by atoms with Gasteiger partial charge in [0.2, 0.25) is 0 Å². The molecule has 15 heavy (non-hydrogen) atoms. The second-order valence-electron chi connectivity index (χ2n) is 2.27. The van der Waals surface area contributed by atoms with Gasteiger partial charge in [-0.05, 0) is 79.6 Å². The minimum atomic E-state index is -1.38. The first-order valence-corrected chi connectivity index (χ1v) is 7.25. The van der Waals surface area contributed by atoms with Crippen LogP contribution in [0.25, 0.3) is 0 Å². The van der Waals surface area contributed by atoms with Gasteiger partial charge in [-0.15, -0.1) is 0 Å². The summed E-state index contributed by atoms with van der Waals surface area (Å²) in [6.45, 7) is 0. The largest absolute Gasteiger partial charge is 0.511 e. The number of carbonyl (C=O) groups is 1. The molecule has 0 aliphatic heterocycles. The van der Waals surface area contributed by atoms with Crippen molar-refractivity contribution < 1.29 is 14.6 Å². The Labute approximate surface area is 127 Å². The second kappa shape index (κ2) is 5.48. The predicted octanol–water partition coefficient (Wildman–Crippen LogP) is 5.56. The average molecular weight is 533 g/mol. The first-order valence-electron chi connectivity index (χ1n) is 3.28. The van der Waals surface area contributed by atoms with Crippen molar-refractivity contribution >= 4 is 85.8 Å². The Morgan fingerprint density at radius 3 is 1.53 bits per heavy atom. The molecule has 1 aromatic carbocycles. The molecule has 82 valence electrons. The van der Waals surface area contributed by atoms with Crippen LogP contribution in [-0.2, 0) is 0 Å². The summed E-state index contributed by atoms with van der Waals surface area (Å²) in [4.78, 5) is 10.5. The van der Waals surface area contributed by atoms with Crippen molar-refractivity contribution in [2.24, 2.45) is 0 Å². The monoisotopic (exact) mass is 528 g/mol. The number of halogens is 5. The van der Waals surface area contributed by atoms with Crippen molar-refractivity contribution in [2.45, 2.75) is 0 Å². The molecule has 0 fully saturated rings. The smallest absolute Gasteiger partial charge is 0.449 e. The lowest BCUT2D eigenvalue weighted by atomic mass is 10.3. The van der Waals surface area contributed by atoms with Gasteiger partial charge in [-0.3, -0.25) is 0 Å². The molecule has 0 aliphatic rings. The van der Waals surface area contributed by atoms with E-state index < -0.39 is 6.16 Å². The zero-order valence-corrected chi connectivity index (χ0v) is 14.6. The van der Waals surface area contributed by atoms with E-state index in [-0.39, 0.29) is 5.75 Å². The minimum absolute atomic E-state index is 0.185. The number of benzene rings is 1. The summed E-state index contributed by atoms with van der Waals surface area (Å²) in [5.41, 5.74) is 0. The van der Waals surface area contributed by atoms with Crippen LogP contribution >= 0.6 is 79.6 Å². The summed E-state index contributed by atoms with van der Waals surface area (Å²) in [6.07, 6.45) is -1.38. The Balaban J connectivity index is 3.45. The van der Waals surface area contributed by atoms with E-state index in [1.807, 2.05) is 0 Å². The summed E-state index contributed by atoms with van der Waals surface area (Å²) in [5, 5.41) is 8.56. The molecule has 0 spiro atoms. The van der Waals surface area contributed by atoms with Crippen LogP contribution in [-0.4, -0.2) is 11.3 Å². The molecule has 1 aromatic rings. The number of carboxylic acid groups (broad SMARTS) is 1. The van der Waals surface area contributed by atoms with Gasteiger partial charge in [0.25, 0.3) is 0 Å². The van der Waals surface area contributed by atoms with Gasteiger partial charge >= 0.3 is 6.16 Å². The molecule has 0 heterocycles. The normalized spacial score (nSPS) is 10.2. The third-order valence-corrected chi connectivity index (χ3v) is 7.38. The molecule has 0 aromatic heterocycles. The van der Waals surface area contributed by atoms with Crippen molar-refractivity contribution in [1.82, 2.24) is 0 Å². The van der Waals surface area contributed by atoms with Crippen LogP contribution in [0.4, 0.5) is 4.79 Å². The standard InChI is InChI=1S/C7HBr5O3/c8-1-2(9)4(11)6(15-7(13)14)5(12)3(1)10/h(H,13,14). The molecule has 3 nitrogen and oxygen atoms in total. The van der Waals surface area contributed by atoms with Gasteiger partial charge < -0.3 is 9.84 Å². The van der Waals surface area contributed by atoms with Gasteiger partial charge in [0.1, 0.15) is 0 Å². The van der Waals surface area contributed by atoms with Gasteiger partial charge in [-0.25, -0.2) is 4.79 Å². The fourth-order valence-electron chi connectivity index (χ4n) is 0.762. The maximum Gasteiger partial charge on any atom is 0.511 e. The Hall–Kier alpha value is 0.890. The van der Waals surface area contributed by atoms with Crippen molar-refractivity contribution in [2.75, 3.05) is 0 Å². The van der Waals surface area contributed by atoms with E-state index in [0.29, 0.717) is 17.9 Å². The third kappa shape index (κ3) is 2.96.